The Hall–Kier alpha value is -2.05. The van der Waals surface area contributed by atoms with Crippen molar-refractivity contribution < 1.29 is 8.78 Å². The highest BCUT2D eigenvalue weighted by atomic mass is 19.3. The number of anilines is 1. The van der Waals surface area contributed by atoms with Gasteiger partial charge in [0.15, 0.2) is 5.82 Å². The molecule has 1 N–H and O–H groups in total. The minimum absolute atomic E-state index is 0.169. The van der Waals surface area contributed by atoms with Crippen molar-refractivity contribution in [1.82, 2.24) is 15.2 Å². The maximum Gasteiger partial charge on any atom is 0.286 e. The number of pyridine rings is 1. The third-order valence-electron chi connectivity index (χ3n) is 2.49. The van der Waals surface area contributed by atoms with Crippen molar-refractivity contribution in [2.75, 3.05) is 19.0 Å². The lowest BCUT2D eigenvalue weighted by molar-refractivity contribution is 0.0131. The lowest BCUT2D eigenvalue weighted by Crippen LogP contribution is -2.19. The van der Waals surface area contributed by atoms with Crippen molar-refractivity contribution in [3.63, 3.8) is 0 Å². The molecule has 0 unspecified atom stereocenters. The number of nitrogens with one attached hydrogen (secondary N) is 1. The van der Waals surface area contributed by atoms with Crippen LogP contribution in [0.2, 0.25) is 0 Å². The van der Waals surface area contributed by atoms with E-state index in [1.165, 1.54) is 6.07 Å². The molecule has 0 radical (unpaired) electrons. The fourth-order valence-corrected chi connectivity index (χ4v) is 1.59. The Labute approximate surface area is 101 Å². The molecule has 2 aromatic rings. The molecule has 5 nitrogen and oxygen atoms in total. The van der Waals surface area contributed by atoms with E-state index in [1.807, 2.05) is 0 Å². The molecule has 0 fully saturated rings. The lowest BCUT2D eigenvalue weighted by Gasteiger charge is -2.14. The quantitative estimate of drug-likeness (QED) is 0.882. The molecule has 0 aliphatic carbocycles. The average molecular weight is 254 g/mol. The van der Waals surface area contributed by atoms with E-state index in [1.54, 1.807) is 19.0 Å². The molecule has 0 aromatic carbocycles. The topological polar surface area (TPSA) is 61.9 Å². The Balaban J connectivity index is 2.82. The van der Waals surface area contributed by atoms with Crippen LogP contribution in [0.15, 0.2) is 16.9 Å². The number of rotatable bonds is 2. The van der Waals surface area contributed by atoms with Gasteiger partial charge >= 0.3 is 0 Å². The van der Waals surface area contributed by atoms with Crippen molar-refractivity contribution >= 4 is 16.7 Å². The molecule has 0 aliphatic heterocycles. The van der Waals surface area contributed by atoms with E-state index in [0.717, 1.165) is 13.0 Å². The maximum absolute atomic E-state index is 13.2. The van der Waals surface area contributed by atoms with E-state index in [-0.39, 0.29) is 16.6 Å². The number of hydrogen-bond donors (Lipinski definition) is 1. The van der Waals surface area contributed by atoms with Gasteiger partial charge in [-0.3, -0.25) is 4.79 Å². The van der Waals surface area contributed by atoms with Gasteiger partial charge in [-0.1, -0.05) is 0 Å². The van der Waals surface area contributed by atoms with E-state index in [9.17, 15) is 13.6 Å². The first kappa shape index (κ1) is 12.4. The first-order chi connectivity index (χ1) is 8.30. The number of alkyl halides is 2. The van der Waals surface area contributed by atoms with E-state index in [4.69, 9.17) is 0 Å². The van der Waals surface area contributed by atoms with Gasteiger partial charge in [-0.05, 0) is 12.1 Å². The summed E-state index contributed by atoms with van der Waals surface area (Å²) in [6.45, 7) is 0.761. The highest BCUT2D eigenvalue weighted by Gasteiger charge is 2.27. The fourth-order valence-electron chi connectivity index (χ4n) is 1.59. The van der Waals surface area contributed by atoms with Crippen LogP contribution >= 0.6 is 0 Å². The summed E-state index contributed by atoms with van der Waals surface area (Å²) >= 11 is 0. The van der Waals surface area contributed by atoms with Crippen LogP contribution in [0.25, 0.3) is 10.9 Å². The lowest BCUT2D eigenvalue weighted by atomic mass is 10.2. The van der Waals surface area contributed by atoms with Crippen molar-refractivity contribution in [1.29, 1.82) is 0 Å². The van der Waals surface area contributed by atoms with Crippen molar-refractivity contribution in [2.24, 2.45) is 0 Å². The molecule has 18 heavy (non-hydrogen) atoms. The van der Waals surface area contributed by atoms with Gasteiger partial charge in [0.2, 0.25) is 0 Å². The fraction of sp³-hybridized carbons (Fsp3) is 0.364. The number of fused-ring (bicyclic) bond motifs is 1. The molecule has 0 bridgehead atoms. The van der Waals surface area contributed by atoms with Crippen LogP contribution in [0.4, 0.5) is 14.6 Å². The van der Waals surface area contributed by atoms with Crippen molar-refractivity contribution in [2.45, 2.75) is 12.8 Å². The van der Waals surface area contributed by atoms with Crippen molar-refractivity contribution in [3.8, 4) is 0 Å². The first-order valence-corrected chi connectivity index (χ1v) is 5.26. The van der Waals surface area contributed by atoms with Gasteiger partial charge in [-0.2, -0.15) is 13.9 Å². The van der Waals surface area contributed by atoms with Crippen molar-refractivity contribution in [3.05, 3.63) is 28.2 Å². The Morgan fingerprint density at radius 2 is 2.00 bits per heavy atom. The molecule has 0 saturated carbocycles. The Kier molecular flexibility index (Phi) is 2.76. The molecule has 0 spiro atoms. The van der Waals surface area contributed by atoms with Crippen LogP contribution in [-0.4, -0.2) is 29.3 Å². The van der Waals surface area contributed by atoms with Crippen LogP contribution in [-0.2, 0) is 5.92 Å². The normalized spacial score (nSPS) is 11.8. The summed E-state index contributed by atoms with van der Waals surface area (Å²) in [7, 11) is 3.39. The van der Waals surface area contributed by atoms with Gasteiger partial charge in [-0.25, -0.2) is 10.1 Å². The number of aromatic amines is 1. The molecule has 0 aliphatic rings. The van der Waals surface area contributed by atoms with E-state index >= 15 is 0 Å². The SMILES string of the molecule is CN(C)c1n[nH]c(=O)c2ccc(C(C)(F)F)nc12. The zero-order valence-electron chi connectivity index (χ0n) is 10.2. The summed E-state index contributed by atoms with van der Waals surface area (Å²) in [5, 5.41) is 6.36. The summed E-state index contributed by atoms with van der Waals surface area (Å²) in [6, 6.07) is 2.49. The second-order valence-corrected chi connectivity index (χ2v) is 4.25. The van der Waals surface area contributed by atoms with Gasteiger partial charge in [0.1, 0.15) is 11.2 Å². The smallest absolute Gasteiger partial charge is 0.286 e. The maximum atomic E-state index is 13.2. The zero-order valence-corrected chi connectivity index (χ0v) is 10.2. The summed E-state index contributed by atoms with van der Waals surface area (Å²) in [4.78, 5) is 17.0. The molecule has 0 amide bonds. The van der Waals surface area contributed by atoms with E-state index < -0.39 is 11.5 Å². The standard InChI is InChI=1S/C11H12F2N4O/c1-11(12,13)7-5-4-6-8(14-7)9(17(2)3)15-16-10(6)18/h4-5H,1-3H3,(H,16,18). The van der Waals surface area contributed by atoms with Crippen LogP contribution in [0.5, 0.6) is 0 Å². The van der Waals surface area contributed by atoms with Gasteiger partial charge in [0.25, 0.3) is 11.5 Å². The number of H-pyrrole nitrogens is 1. The largest absolute Gasteiger partial charge is 0.360 e. The molecular formula is C11H12F2N4O. The summed E-state index contributed by atoms with van der Waals surface area (Å²) < 4.78 is 26.5. The number of halogens is 2. The summed E-state index contributed by atoms with van der Waals surface area (Å²) in [5.41, 5.74) is -0.664. The highest BCUT2D eigenvalue weighted by molar-refractivity contribution is 5.87. The second-order valence-electron chi connectivity index (χ2n) is 4.25. The second kappa shape index (κ2) is 4.01. The van der Waals surface area contributed by atoms with E-state index in [0.29, 0.717) is 5.82 Å². The molecule has 0 atom stereocenters. The summed E-state index contributed by atoms with van der Waals surface area (Å²) in [5.74, 6) is -2.71. The third kappa shape index (κ3) is 2.03. The highest BCUT2D eigenvalue weighted by Crippen LogP contribution is 2.27. The van der Waals surface area contributed by atoms with Crippen LogP contribution in [0, 0.1) is 0 Å². The number of nitrogens with zero attached hydrogens (tertiary/aromatic N) is 3. The van der Waals surface area contributed by atoms with Gasteiger partial charge < -0.3 is 4.90 Å². The molecule has 7 heteroatoms. The third-order valence-corrected chi connectivity index (χ3v) is 2.49. The summed E-state index contributed by atoms with van der Waals surface area (Å²) in [6.07, 6.45) is 0. The Morgan fingerprint density at radius 3 is 2.56 bits per heavy atom. The zero-order chi connectivity index (χ0) is 13.5. The van der Waals surface area contributed by atoms with Crippen LogP contribution in [0.1, 0.15) is 12.6 Å². The monoisotopic (exact) mass is 254 g/mol. The minimum atomic E-state index is -3.06. The average Bonchev–Trinajstić information content (AvgIpc) is 2.27. The predicted molar refractivity (Wildman–Crippen MR) is 64.1 cm³/mol. The number of hydrogen-bond acceptors (Lipinski definition) is 4. The first-order valence-electron chi connectivity index (χ1n) is 5.26. The molecule has 96 valence electrons. The molecule has 2 rings (SSSR count). The molecule has 2 aromatic heterocycles. The Morgan fingerprint density at radius 1 is 1.33 bits per heavy atom. The van der Waals surface area contributed by atoms with Crippen LogP contribution < -0.4 is 10.5 Å². The molecule has 0 saturated heterocycles. The Bertz CT molecular complexity index is 646. The number of aromatic nitrogens is 3. The van der Waals surface area contributed by atoms with E-state index in [2.05, 4.69) is 15.2 Å². The van der Waals surface area contributed by atoms with Gasteiger partial charge in [0, 0.05) is 21.0 Å². The van der Waals surface area contributed by atoms with Crippen LogP contribution in [0.3, 0.4) is 0 Å². The van der Waals surface area contributed by atoms with Gasteiger partial charge in [-0.15, -0.1) is 0 Å². The molecular weight excluding hydrogens is 242 g/mol. The minimum Gasteiger partial charge on any atom is -0.360 e. The molecule has 2 heterocycles. The van der Waals surface area contributed by atoms with Gasteiger partial charge in [0.05, 0.1) is 5.39 Å². The predicted octanol–water partition coefficient (Wildman–Crippen LogP) is 1.50.